The summed E-state index contributed by atoms with van der Waals surface area (Å²) in [7, 11) is 0. The Morgan fingerprint density at radius 2 is 2.19 bits per heavy atom. The van der Waals surface area contributed by atoms with E-state index in [2.05, 4.69) is 10.4 Å². The Morgan fingerprint density at radius 1 is 1.56 bits per heavy atom. The number of nitrogens with one attached hydrogen (secondary N) is 1. The lowest BCUT2D eigenvalue weighted by Crippen LogP contribution is -2.29. The number of aromatic nitrogens is 2. The summed E-state index contributed by atoms with van der Waals surface area (Å²) < 4.78 is 38.2. The molecule has 0 saturated carbocycles. The maximum Gasteiger partial charge on any atom is 0.433 e. The number of rotatable bonds is 3. The summed E-state index contributed by atoms with van der Waals surface area (Å²) in [5.74, 6) is -0.490. The number of nitrogens with zero attached hydrogens (tertiary/aromatic N) is 2. The fourth-order valence-corrected chi connectivity index (χ4v) is 1.28. The van der Waals surface area contributed by atoms with Crippen molar-refractivity contribution in [2.45, 2.75) is 26.6 Å². The first-order chi connectivity index (χ1) is 7.34. The summed E-state index contributed by atoms with van der Waals surface area (Å²) >= 11 is 0. The smallest absolute Gasteiger partial charge is 0.355 e. The van der Waals surface area contributed by atoms with E-state index < -0.39 is 24.3 Å². The van der Waals surface area contributed by atoms with Crippen LogP contribution in [0.5, 0.6) is 0 Å². The van der Waals surface area contributed by atoms with Crippen molar-refractivity contribution < 1.29 is 18.0 Å². The van der Waals surface area contributed by atoms with Crippen molar-refractivity contribution in [3.05, 3.63) is 17.5 Å². The molecule has 0 aliphatic rings. The number of aryl methyl sites for hydroxylation is 1. The first kappa shape index (κ1) is 12.5. The summed E-state index contributed by atoms with van der Waals surface area (Å²) in [6.07, 6.45) is -4.49. The Kier molecular flexibility index (Phi) is 3.56. The lowest BCUT2D eigenvalue weighted by Gasteiger charge is -2.09. The van der Waals surface area contributed by atoms with E-state index in [1.807, 2.05) is 0 Å². The number of hydrogen-bond donors (Lipinski definition) is 1. The highest BCUT2D eigenvalue weighted by Crippen LogP contribution is 2.29. The van der Waals surface area contributed by atoms with Crippen LogP contribution in [0.25, 0.3) is 0 Å². The third-order valence-electron chi connectivity index (χ3n) is 1.86. The molecule has 0 aromatic carbocycles. The summed E-state index contributed by atoms with van der Waals surface area (Å²) in [4.78, 5) is 11.2. The summed E-state index contributed by atoms with van der Waals surface area (Å²) in [6.45, 7) is 3.09. The molecule has 0 aliphatic heterocycles. The van der Waals surface area contributed by atoms with Gasteiger partial charge in [-0.15, -0.1) is 0 Å². The van der Waals surface area contributed by atoms with Gasteiger partial charge in [-0.2, -0.15) is 18.3 Å². The van der Waals surface area contributed by atoms with Gasteiger partial charge in [-0.25, -0.2) is 0 Å². The zero-order valence-corrected chi connectivity index (χ0v) is 8.93. The van der Waals surface area contributed by atoms with Crippen LogP contribution in [-0.4, -0.2) is 22.2 Å². The summed E-state index contributed by atoms with van der Waals surface area (Å²) in [5, 5.41) is 6.05. The molecular weight excluding hydrogens is 223 g/mol. The Morgan fingerprint density at radius 3 is 2.69 bits per heavy atom. The molecule has 0 spiro atoms. The Labute approximate surface area is 90.4 Å². The van der Waals surface area contributed by atoms with Gasteiger partial charge in [0.15, 0.2) is 0 Å². The van der Waals surface area contributed by atoms with Crippen molar-refractivity contribution in [1.82, 2.24) is 15.1 Å². The third kappa shape index (κ3) is 2.98. The van der Waals surface area contributed by atoms with E-state index >= 15 is 0 Å². The Hall–Kier alpha value is -1.53. The molecule has 90 valence electrons. The second-order valence-electron chi connectivity index (χ2n) is 3.28. The number of carbonyl (C=O) groups excluding carboxylic acids is 1. The van der Waals surface area contributed by atoms with E-state index in [9.17, 15) is 18.0 Å². The highest BCUT2D eigenvalue weighted by molar-refractivity contribution is 5.75. The van der Waals surface area contributed by atoms with Gasteiger partial charge < -0.3 is 5.32 Å². The van der Waals surface area contributed by atoms with Crippen molar-refractivity contribution in [2.24, 2.45) is 0 Å². The Balaban J connectivity index is 2.91. The van der Waals surface area contributed by atoms with E-state index in [0.29, 0.717) is 11.2 Å². The lowest BCUT2D eigenvalue weighted by atomic mass is 10.3. The zero-order chi connectivity index (χ0) is 12.3. The lowest BCUT2D eigenvalue weighted by molar-refractivity contribution is -0.144. The molecule has 1 heterocycles. The average molecular weight is 235 g/mol. The van der Waals surface area contributed by atoms with Gasteiger partial charge in [0, 0.05) is 6.54 Å². The fraction of sp³-hybridized carbons (Fsp3) is 0.556. The molecule has 0 aliphatic carbocycles. The molecule has 0 radical (unpaired) electrons. The maximum absolute atomic E-state index is 12.5. The largest absolute Gasteiger partial charge is 0.433 e. The van der Waals surface area contributed by atoms with Crippen LogP contribution in [0.4, 0.5) is 13.2 Å². The van der Waals surface area contributed by atoms with Gasteiger partial charge in [0.25, 0.3) is 0 Å². The molecule has 4 nitrogen and oxygen atoms in total. The van der Waals surface area contributed by atoms with Gasteiger partial charge in [-0.3, -0.25) is 9.48 Å². The van der Waals surface area contributed by atoms with E-state index in [0.717, 1.165) is 6.07 Å². The summed E-state index contributed by atoms with van der Waals surface area (Å²) in [6, 6.07) is 0.916. The molecule has 16 heavy (non-hydrogen) atoms. The number of likely N-dealkylation sites (N-methyl/N-ethyl adjacent to an activating group) is 1. The van der Waals surface area contributed by atoms with Crippen molar-refractivity contribution in [3.63, 3.8) is 0 Å². The molecule has 0 atom stereocenters. The number of carbonyl (C=O) groups is 1. The van der Waals surface area contributed by atoms with Crippen LogP contribution in [0.2, 0.25) is 0 Å². The minimum absolute atomic E-state index is 0.233. The quantitative estimate of drug-likeness (QED) is 0.859. The van der Waals surface area contributed by atoms with E-state index in [-0.39, 0.29) is 5.69 Å². The molecule has 1 amide bonds. The van der Waals surface area contributed by atoms with Gasteiger partial charge in [0.05, 0.1) is 5.69 Å². The molecule has 1 N–H and O–H groups in total. The van der Waals surface area contributed by atoms with Gasteiger partial charge >= 0.3 is 6.18 Å². The van der Waals surface area contributed by atoms with Crippen LogP contribution in [0.3, 0.4) is 0 Å². The van der Waals surface area contributed by atoms with Gasteiger partial charge in [0.2, 0.25) is 5.91 Å². The average Bonchev–Trinajstić information content (AvgIpc) is 2.46. The van der Waals surface area contributed by atoms with Crippen LogP contribution in [0.15, 0.2) is 6.07 Å². The molecule has 1 aromatic rings. The van der Waals surface area contributed by atoms with E-state index in [1.54, 1.807) is 6.92 Å². The number of halogens is 3. The number of hydrogen-bond acceptors (Lipinski definition) is 2. The van der Waals surface area contributed by atoms with E-state index in [4.69, 9.17) is 0 Å². The van der Waals surface area contributed by atoms with Gasteiger partial charge in [-0.05, 0) is 19.9 Å². The first-order valence-corrected chi connectivity index (χ1v) is 4.73. The second kappa shape index (κ2) is 4.54. The highest BCUT2D eigenvalue weighted by atomic mass is 19.4. The normalized spacial score (nSPS) is 11.6. The van der Waals surface area contributed by atoms with Crippen LogP contribution in [0.1, 0.15) is 18.3 Å². The minimum atomic E-state index is -4.49. The van der Waals surface area contributed by atoms with Gasteiger partial charge in [-0.1, -0.05) is 0 Å². The van der Waals surface area contributed by atoms with Crippen molar-refractivity contribution in [3.8, 4) is 0 Å². The Bertz CT molecular complexity index is 384. The van der Waals surface area contributed by atoms with Crippen LogP contribution in [0, 0.1) is 6.92 Å². The van der Waals surface area contributed by atoms with Crippen molar-refractivity contribution >= 4 is 5.91 Å². The summed E-state index contributed by atoms with van der Waals surface area (Å²) in [5.41, 5.74) is -0.673. The topological polar surface area (TPSA) is 46.9 Å². The van der Waals surface area contributed by atoms with Crippen molar-refractivity contribution in [2.75, 3.05) is 6.54 Å². The molecule has 1 aromatic heterocycles. The van der Waals surface area contributed by atoms with Crippen LogP contribution in [-0.2, 0) is 17.5 Å². The fourth-order valence-electron chi connectivity index (χ4n) is 1.28. The predicted molar refractivity (Wildman–Crippen MR) is 50.6 cm³/mol. The monoisotopic (exact) mass is 235 g/mol. The maximum atomic E-state index is 12.5. The standard InChI is InChI=1S/C9H12F3N3O/c1-3-13-8(16)5-15-7(9(10,11)12)4-6(2)14-15/h4H,3,5H2,1-2H3,(H,13,16). The first-order valence-electron chi connectivity index (χ1n) is 4.73. The van der Waals surface area contributed by atoms with E-state index in [1.165, 1.54) is 6.92 Å². The third-order valence-corrected chi connectivity index (χ3v) is 1.86. The molecule has 0 unspecified atom stereocenters. The molecule has 0 saturated heterocycles. The SMILES string of the molecule is CCNC(=O)Cn1nc(C)cc1C(F)(F)F. The second-order valence-corrected chi connectivity index (χ2v) is 3.28. The number of amides is 1. The minimum Gasteiger partial charge on any atom is -0.355 e. The van der Waals surface area contributed by atoms with Crippen LogP contribution >= 0.6 is 0 Å². The molecular formula is C9H12F3N3O. The molecule has 7 heteroatoms. The molecule has 0 bridgehead atoms. The predicted octanol–water partition coefficient (Wildman–Crippen LogP) is 1.35. The van der Waals surface area contributed by atoms with Gasteiger partial charge in [0.1, 0.15) is 12.2 Å². The highest BCUT2D eigenvalue weighted by Gasteiger charge is 2.35. The zero-order valence-electron chi connectivity index (χ0n) is 8.93. The molecule has 0 fully saturated rings. The van der Waals surface area contributed by atoms with Crippen molar-refractivity contribution in [1.29, 1.82) is 0 Å². The molecule has 1 rings (SSSR count). The van der Waals surface area contributed by atoms with Crippen LogP contribution < -0.4 is 5.32 Å². The number of alkyl halides is 3.